The second-order valence-electron chi connectivity index (χ2n) is 14.1. The lowest BCUT2D eigenvalue weighted by Crippen LogP contribution is -2.51. The van der Waals surface area contributed by atoms with Gasteiger partial charge in [-0.15, -0.1) is 0 Å². The zero-order valence-corrected chi connectivity index (χ0v) is 26.3. The van der Waals surface area contributed by atoms with E-state index in [2.05, 4.69) is 52.0 Å². The first-order valence-corrected chi connectivity index (χ1v) is 17.6. The van der Waals surface area contributed by atoms with Crippen LogP contribution < -0.4 is 4.57 Å². The summed E-state index contributed by atoms with van der Waals surface area (Å²) < 4.78 is 50.3. The number of halogens is 4. The molecular weight excluding hydrogens is 577 g/mol. The normalized spacial score (nSPS) is 24.4. The predicted molar refractivity (Wildman–Crippen MR) is 168 cm³/mol. The maximum Gasteiger partial charge on any atom is 0.673 e. The summed E-state index contributed by atoms with van der Waals surface area (Å²) in [6.07, 6.45) is 24.2. The molecule has 0 unspecified atom stereocenters. The van der Waals surface area contributed by atoms with Gasteiger partial charge in [0, 0.05) is 11.5 Å². The molecule has 5 aliphatic rings. The monoisotopic (exact) mass is 623 g/mol. The van der Waals surface area contributed by atoms with Gasteiger partial charge in [-0.05, 0) is 84.1 Å². The van der Waals surface area contributed by atoms with E-state index in [-0.39, 0.29) is 12.1 Å². The van der Waals surface area contributed by atoms with E-state index in [0.717, 1.165) is 18.2 Å². The molecule has 0 spiro atoms. The summed E-state index contributed by atoms with van der Waals surface area (Å²) in [5.74, 6) is 3.16. The van der Waals surface area contributed by atoms with Crippen molar-refractivity contribution in [2.24, 2.45) is 0 Å². The van der Waals surface area contributed by atoms with Crippen LogP contribution in [0.4, 0.5) is 17.3 Å². The first-order chi connectivity index (χ1) is 21.8. The Hall–Kier alpha value is -2.68. The highest BCUT2D eigenvalue weighted by Gasteiger charge is 2.44. The molecule has 8 rings (SSSR count). The summed E-state index contributed by atoms with van der Waals surface area (Å²) >= 11 is 0. The molecule has 0 saturated heterocycles. The van der Waals surface area contributed by atoms with E-state index in [1.807, 2.05) is 0 Å². The van der Waals surface area contributed by atoms with Gasteiger partial charge in [0.15, 0.2) is 0 Å². The molecule has 0 N–H and O–H groups in total. The number of rotatable bonds is 4. The van der Waals surface area contributed by atoms with E-state index in [9.17, 15) is 17.3 Å². The summed E-state index contributed by atoms with van der Waals surface area (Å²) in [5.41, 5.74) is 9.20. The highest BCUT2D eigenvalue weighted by atomic mass is 19.5. The highest BCUT2D eigenvalue weighted by molar-refractivity contribution is 6.50. The van der Waals surface area contributed by atoms with Crippen LogP contribution in [0.2, 0.25) is 0 Å². The Labute approximate surface area is 264 Å². The van der Waals surface area contributed by atoms with Crippen molar-refractivity contribution in [3.8, 4) is 5.69 Å². The van der Waals surface area contributed by atoms with E-state index in [1.165, 1.54) is 113 Å². The standard InChI is InChI=1S/C36H46N3O.BF4/c1-4-12-25(13-5-1)29-20-31(26-14-6-2-7-15-26)35(32(21-29)27-16-8-3-9-17-27)39-24-38-34(37-39)23-40-33-22-28-18-10-11-19-30(28)36(33)38;2-1(3,4)5/h10-11,18-21,24-27,33,36H,1-9,12-17,22-23H2;/q+1;-1/t33-,36+;/m0./s1. The first kappa shape index (κ1) is 31.0. The first-order valence-electron chi connectivity index (χ1n) is 17.6. The second kappa shape index (κ2) is 13.2. The van der Waals surface area contributed by atoms with Crippen LogP contribution in [0.3, 0.4) is 0 Å². The molecule has 1 aliphatic heterocycles. The Morgan fingerprint density at radius 3 is 1.82 bits per heavy atom. The number of aromatic nitrogens is 3. The third-order valence-corrected chi connectivity index (χ3v) is 11.2. The molecule has 242 valence electrons. The summed E-state index contributed by atoms with van der Waals surface area (Å²) in [5, 5.41) is 5.36. The minimum atomic E-state index is -6.00. The molecule has 0 amide bonds. The Morgan fingerprint density at radius 1 is 0.711 bits per heavy atom. The van der Waals surface area contributed by atoms with Crippen LogP contribution in [0.15, 0.2) is 42.7 Å². The van der Waals surface area contributed by atoms with Gasteiger partial charge in [-0.25, -0.2) is 4.57 Å². The summed E-state index contributed by atoms with van der Waals surface area (Å²) in [4.78, 5) is 0. The van der Waals surface area contributed by atoms with Crippen molar-refractivity contribution in [2.45, 2.75) is 139 Å². The van der Waals surface area contributed by atoms with Crippen LogP contribution in [0.1, 0.15) is 154 Å². The topological polar surface area (TPSA) is 30.9 Å². The maximum atomic E-state index is 9.75. The van der Waals surface area contributed by atoms with Gasteiger partial charge in [0.25, 0.3) is 0 Å². The number of benzene rings is 2. The lowest BCUT2D eigenvalue weighted by atomic mass is 9.75. The fourth-order valence-corrected chi connectivity index (χ4v) is 9.12. The van der Waals surface area contributed by atoms with Gasteiger partial charge in [-0.3, -0.25) is 0 Å². The molecule has 3 saturated carbocycles. The summed E-state index contributed by atoms with van der Waals surface area (Å²) in [6.45, 7) is 0.611. The molecule has 2 aromatic carbocycles. The average molecular weight is 624 g/mol. The van der Waals surface area contributed by atoms with Crippen molar-refractivity contribution in [2.75, 3.05) is 0 Å². The van der Waals surface area contributed by atoms with Gasteiger partial charge < -0.3 is 22.0 Å². The molecule has 3 fully saturated rings. The molecule has 1 aromatic heterocycles. The van der Waals surface area contributed by atoms with Crippen LogP contribution in [0, 0.1) is 0 Å². The van der Waals surface area contributed by atoms with Crippen molar-refractivity contribution < 1.29 is 26.6 Å². The molecule has 3 aromatic rings. The van der Waals surface area contributed by atoms with Gasteiger partial charge >= 0.3 is 13.1 Å². The largest absolute Gasteiger partial charge is 0.673 e. The number of nitrogens with zero attached hydrogens (tertiary/aromatic N) is 3. The minimum Gasteiger partial charge on any atom is -0.418 e. The Balaban J connectivity index is 0.000000606. The zero-order valence-electron chi connectivity index (χ0n) is 26.3. The fourth-order valence-electron chi connectivity index (χ4n) is 9.12. The van der Waals surface area contributed by atoms with E-state index < -0.39 is 7.25 Å². The quantitative estimate of drug-likeness (QED) is 0.165. The van der Waals surface area contributed by atoms with Crippen molar-refractivity contribution in [3.05, 3.63) is 76.4 Å². The SMILES string of the molecule is F[B-](F)(F)F.c1ccc2c(c1)C[C@@H]1OCc3nn(-c4c(C5CCCCC5)cc(C5CCCCC5)cc4C4CCCCC4)c[n+]3[C@H]21. The van der Waals surface area contributed by atoms with E-state index in [4.69, 9.17) is 9.84 Å². The summed E-state index contributed by atoms with van der Waals surface area (Å²) in [7, 11) is -6.00. The number of hydrogen-bond donors (Lipinski definition) is 0. The van der Waals surface area contributed by atoms with Crippen LogP contribution in [0.5, 0.6) is 0 Å². The maximum absolute atomic E-state index is 9.75. The Morgan fingerprint density at radius 2 is 1.24 bits per heavy atom. The molecular formula is C36H46BF4N3O. The van der Waals surface area contributed by atoms with E-state index in [1.54, 1.807) is 16.7 Å². The van der Waals surface area contributed by atoms with Crippen LogP contribution in [0.25, 0.3) is 5.69 Å². The van der Waals surface area contributed by atoms with E-state index >= 15 is 0 Å². The second-order valence-corrected chi connectivity index (χ2v) is 14.1. The highest BCUT2D eigenvalue weighted by Crippen LogP contribution is 2.45. The van der Waals surface area contributed by atoms with Crippen LogP contribution in [-0.2, 0) is 17.8 Å². The molecule has 4 nitrogen and oxygen atoms in total. The third-order valence-electron chi connectivity index (χ3n) is 11.2. The van der Waals surface area contributed by atoms with Gasteiger partial charge in [0.1, 0.15) is 24.4 Å². The molecule has 0 radical (unpaired) electrons. The van der Waals surface area contributed by atoms with Crippen molar-refractivity contribution in [1.29, 1.82) is 0 Å². The average Bonchev–Trinajstić information content (AvgIpc) is 3.66. The van der Waals surface area contributed by atoms with Crippen molar-refractivity contribution in [3.63, 3.8) is 0 Å². The van der Waals surface area contributed by atoms with Crippen LogP contribution in [-0.4, -0.2) is 23.1 Å². The molecule has 2 heterocycles. The van der Waals surface area contributed by atoms with Gasteiger partial charge in [-0.1, -0.05) is 98.9 Å². The van der Waals surface area contributed by atoms with Crippen molar-refractivity contribution >= 4 is 7.25 Å². The molecule has 9 heteroatoms. The third kappa shape index (κ3) is 6.75. The number of fused-ring (bicyclic) bond motifs is 5. The lowest BCUT2D eigenvalue weighted by Gasteiger charge is -2.31. The van der Waals surface area contributed by atoms with Gasteiger partial charge in [-0.2, -0.15) is 0 Å². The van der Waals surface area contributed by atoms with Crippen LogP contribution >= 0.6 is 0 Å². The Bertz CT molecular complexity index is 1430. The molecule has 45 heavy (non-hydrogen) atoms. The lowest BCUT2D eigenvalue weighted by molar-refractivity contribution is -0.739. The minimum absolute atomic E-state index is 0.219. The van der Waals surface area contributed by atoms with Crippen molar-refractivity contribution in [1.82, 2.24) is 9.78 Å². The van der Waals surface area contributed by atoms with E-state index in [0.29, 0.717) is 18.4 Å². The number of hydrogen-bond acceptors (Lipinski definition) is 2. The molecule has 2 atom stereocenters. The molecule has 0 bridgehead atoms. The van der Waals surface area contributed by atoms with Gasteiger partial charge in [0.05, 0.1) is 0 Å². The zero-order chi connectivity index (χ0) is 31.0. The number of ether oxygens (including phenoxy) is 1. The fraction of sp³-hybridized carbons (Fsp3) is 0.611. The van der Waals surface area contributed by atoms with Gasteiger partial charge in [0.2, 0.25) is 6.33 Å². The molecule has 4 aliphatic carbocycles. The smallest absolute Gasteiger partial charge is 0.418 e. The predicted octanol–water partition coefficient (Wildman–Crippen LogP) is 9.65. The Kier molecular flexibility index (Phi) is 9.09. The summed E-state index contributed by atoms with van der Waals surface area (Å²) in [6, 6.07) is 14.6.